The minimum Gasteiger partial charge on any atom is -0.411 e. The zero-order valence-electron chi connectivity index (χ0n) is 23.0. The van der Waals surface area contributed by atoms with Crippen LogP contribution in [0.3, 0.4) is 0 Å². The lowest BCUT2D eigenvalue weighted by atomic mass is 10.0. The Morgan fingerprint density at radius 3 is 2.38 bits per heavy atom. The quantitative estimate of drug-likeness (QED) is 0.267. The first-order chi connectivity index (χ1) is 17.4. The maximum absolute atomic E-state index is 14.0. The first-order valence-corrected chi connectivity index (χ1v) is 17.7. The average molecular weight is 547 g/mol. The van der Waals surface area contributed by atoms with E-state index in [1.54, 1.807) is 12.1 Å². The Bertz CT molecular complexity index is 1140. The molecule has 2 aliphatic heterocycles. The van der Waals surface area contributed by atoms with E-state index in [4.69, 9.17) is 18.6 Å². The molecule has 2 heterocycles. The molecule has 2 aromatic carbocycles. The molecule has 0 aromatic heterocycles. The van der Waals surface area contributed by atoms with Gasteiger partial charge in [-0.15, -0.1) is 0 Å². The lowest BCUT2D eigenvalue weighted by Gasteiger charge is -2.43. The Morgan fingerprint density at radius 2 is 1.73 bits per heavy atom. The van der Waals surface area contributed by atoms with E-state index >= 15 is 0 Å². The summed E-state index contributed by atoms with van der Waals surface area (Å²) >= 11 is 0. The van der Waals surface area contributed by atoms with Crippen LogP contribution in [0.1, 0.15) is 51.2 Å². The number of rotatable bonds is 10. The van der Waals surface area contributed by atoms with E-state index in [2.05, 4.69) is 33.9 Å². The van der Waals surface area contributed by atoms with Gasteiger partial charge in [-0.25, -0.2) is 8.42 Å². The predicted octanol–water partition coefficient (Wildman–Crippen LogP) is 6.04. The van der Waals surface area contributed by atoms with E-state index in [0.29, 0.717) is 13.2 Å². The summed E-state index contributed by atoms with van der Waals surface area (Å²) in [5.41, 5.74) is 2.04. The van der Waals surface area contributed by atoms with Gasteiger partial charge in [0, 0.05) is 13.0 Å². The van der Waals surface area contributed by atoms with Gasteiger partial charge in [0.2, 0.25) is 14.8 Å². The first kappa shape index (κ1) is 28.5. The van der Waals surface area contributed by atoms with Gasteiger partial charge in [-0.2, -0.15) is 0 Å². The number of hydrogen-bond donors (Lipinski definition) is 0. The van der Waals surface area contributed by atoms with Crippen molar-refractivity contribution in [2.75, 3.05) is 13.2 Å². The van der Waals surface area contributed by atoms with Crippen molar-refractivity contribution < 1.29 is 27.1 Å². The Labute approximate surface area is 223 Å². The zero-order chi connectivity index (χ0) is 26.9. The van der Waals surface area contributed by atoms with Crippen molar-refractivity contribution in [3.8, 4) is 0 Å². The fourth-order valence-corrected chi connectivity index (χ4v) is 7.96. The van der Waals surface area contributed by atoms with Gasteiger partial charge in [0.25, 0.3) is 0 Å². The van der Waals surface area contributed by atoms with Gasteiger partial charge in [0.1, 0.15) is 6.10 Å². The molecule has 0 amide bonds. The Hall–Kier alpha value is -1.55. The van der Waals surface area contributed by atoms with Crippen molar-refractivity contribution in [2.45, 2.75) is 99.8 Å². The Kier molecular flexibility index (Phi) is 8.39. The maximum Gasteiger partial charge on any atom is 0.210 e. The summed E-state index contributed by atoms with van der Waals surface area (Å²) in [5.74, 6) is 0. The molecule has 0 spiro atoms. The van der Waals surface area contributed by atoms with Gasteiger partial charge < -0.3 is 18.6 Å². The van der Waals surface area contributed by atoms with Crippen molar-refractivity contribution >= 4 is 18.2 Å². The van der Waals surface area contributed by atoms with Crippen LogP contribution in [0.2, 0.25) is 18.1 Å². The van der Waals surface area contributed by atoms with Gasteiger partial charge in [-0.05, 0) is 55.6 Å². The third kappa shape index (κ3) is 6.21. The van der Waals surface area contributed by atoms with Crippen LogP contribution >= 0.6 is 0 Å². The van der Waals surface area contributed by atoms with Gasteiger partial charge in [-0.3, -0.25) is 0 Å². The summed E-state index contributed by atoms with van der Waals surface area (Å²) in [7, 11) is -5.89. The van der Waals surface area contributed by atoms with Crippen molar-refractivity contribution in [1.82, 2.24) is 0 Å². The standard InChI is InChI=1S/C29H42O6SSi/c1-22-14-16-24(17-15-22)36(30,31)29(27(34-29)21-32-20-23-11-8-7-9-12-23)19-26-25(13-10-18-33-26)35-37(5,6)28(2,3)4/h7-9,11-12,14-17,25-27H,10,13,18-21H2,1-6H3/t25-,26+,27-,29+/m0/s1. The van der Waals surface area contributed by atoms with Crippen LogP contribution < -0.4 is 0 Å². The molecular weight excluding hydrogens is 504 g/mol. The number of aryl methyl sites for hydroxylation is 1. The average Bonchev–Trinajstić information content (AvgIpc) is 3.55. The lowest BCUT2D eigenvalue weighted by Crippen LogP contribution is -2.50. The fraction of sp³-hybridized carbons (Fsp3) is 0.586. The predicted molar refractivity (Wildman–Crippen MR) is 148 cm³/mol. The molecule has 2 aromatic rings. The Morgan fingerprint density at radius 1 is 1.05 bits per heavy atom. The number of sulfone groups is 1. The second-order valence-corrected chi connectivity index (χ2v) is 18.8. The first-order valence-electron chi connectivity index (χ1n) is 13.3. The van der Waals surface area contributed by atoms with Gasteiger partial charge >= 0.3 is 0 Å². The van der Waals surface area contributed by atoms with Crippen LogP contribution in [0.15, 0.2) is 59.5 Å². The monoisotopic (exact) mass is 546 g/mol. The molecule has 37 heavy (non-hydrogen) atoms. The molecule has 0 bridgehead atoms. The van der Waals surface area contributed by atoms with Crippen LogP contribution in [0.4, 0.5) is 0 Å². The van der Waals surface area contributed by atoms with Crippen molar-refractivity contribution in [1.29, 1.82) is 0 Å². The summed E-state index contributed by atoms with van der Waals surface area (Å²) in [5, 5.41) is 0.0462. The largest absolute Gasteiger partial charge is 0.411 e. The van der Waals surface area contributed by atoms with Crippen LogP contribution in [-0.2, 0) is 35.1 Å². The van der Waals surface area contributed by atoms with Crippen molar-refractivity contribution in [3.05, 3.63) is 65.7 Å². The summed E-state index contributed by atoms with van der Waals surface area (Å²) in [4.78, 5) is -1.13. The van der Waals surface area contributed by atoms with Gasteiger partial charge in [0.15, 0.2) is 8.32 Å². The van der Waals surface area contributed by atoms with Crippen LogP contribution in [0.5, 0.6) is 0 Å². The molecule has 8 heteroatoms. The van der Waals surface area contributed by atoms with Crippen molar-refractivity contribution in [2.24, 2.45) is 0 Å². The topological polar surface area (TPSA) is 74.4 Å². The fourth-order valence-electron chi connectivity index (χ4n) is 4.64. The number of epoxide rings is 1. The second kappa shape index (κ2) is 10.9. The molecule has 2 fully saturated rings. The van der Waals surface area contributed by atoms with E-state index in [1.807, 2.05) is 49.4 Å². The molecule has 2 saturated heterocycles. The molecule has 0 N–H and O–H groups in total. The maximum atomic E-state index is 14.0. The highest BCUT2D eigenvalue weighted by molar-refractivity contribution is 7.93. The summed E-state index contributed by atoms with van der Waals surface area (Å²) in [6, 6.07) is 16.8. The molecular formula is C29H42O6SSi. The van der Waals surface area contributed by atoms with Gasteiger partial charge in [0.05, 0.1) is 30.3 Å². The summed E-state index contributed by atoms with van der Waals surface area (Å²) in [6.07, 6.45) is 0.894. The lowest BCUT2D eigenvalue weighted by molar-refractivity contribution is -0.0752. The molecule has 0 radical (unpaired) electrons. The van der Waals surface area contributed by atoms with E-state index in [-0.39, 0.29) is 35.2 Å². The number of benzene rings is 2. The van der Waals surface area contributed by atoms with Crippen LogP contribution in [0, 0.1) is 6.92 Å². The zero-order valence-corrected chi connectivity index (χ0v) is 24.8. The van der Waals surface area contributed by atoms with E-state index in [1.165, 1.54) is 0 Å². The second-order valence-electron chi connectivity index (χ2n) is 11.9. The molecule has 0 aliphatic carbocycles. The highest BCUT2D eigenvalue weighted by atomic mass is 32.2. The molecule has 2 aliphatic rings. The Balaban J connectivity index is 1.56. The minimum absolute atomic E-state index is 0.0462. The normalized spacial score (nSPS) is 26.7. The van der Waals surface area contributed by atoms with E-state index < -0.39 is 29.2 Å². The number of hydrogen-bond acceptors (Lipinski definition) is 6. The molecule has 204 valence electrons. The molecule has 0 saturated carbocycles. The van der Waals surface area contributed by atoms with Crippen LogP contribution in [0.25, 0.3) is 0 Å². The third-order valence-corrected chi connectivity index (χ3v) is 14.9. The van der Waals surface area contributed by atoms with E-state index in [9.17, 15) is 8.42 Å². The highest BCUT2D eigenvalue weighted by Gasteiger charge is 2.68. The van der Waals surface area contributed by atoms with Crippen molar-refractivity contribution in [3.63, 3.8) is 0 Å². The molecule has 4 atom stereocenters. The summed E-state index contributed by atoms with van der Waals surface area (Å²) in [6.45, 7) is 14.2. The molecule has 4 rings (SSSR count). The smallest absolute Gasteiger partial charge is 0.210 e. The molecule has 6 nitrogen and oxygen atoms in total. The minimum atomic E-state index is -3.81. The summed E-state index contributed by atoms with van der Waals surface area (Å²) < 4.78 is 53.1. The SMILES string of the molecule is Cc1ccc(S(=O)(=O)[C@@]2(C[C@H]3OCCC[C@@H]3O[Si](C)(C)C(C)(C)C)O[C@H]2COCc2ccccc2)cc1. The van der Waals surface area contributed by atoms with E-state index in [0.717, 1.165) is 24.0 Å². The van der Waals surface area contributed by atoms with Gasteiger partial charge in [-0.1, -0.05) is 68.8 Å². The van der Waals surface area contributed by atoms with Crippen LogP contribution in [-0.4, -0.2) is 53.2 Å². The molecule has 0 unspecified atom stereocenters. The number of ether oxygens (including phenoxy) is 3. The highest BCUT2D eigenvalue weighted by Crippen LogP contribution is 2.50. The third-order valence-electron chi connectivity index (χ3n) is 8.06.